The van der Waals surface area contributed by atoms with E-state index in [0.717, 1.165) is 0 Å². The monoisotopic (exact) mass is 812 g/mol. The molecule has 0 atom stereocenters. The van der Waals surface area contributed by atoms with Crippen molar-refractivity contribution in [3.05, 3.63) is 187 Å². The number of halogens is 4. The predicted molar refractivity (Wildman–Crippen MR) is 226 cm³/mol. The van der Waals surface area contributed by atoms with E-state index in [4.69, 9.17) is 66.4 Å². The molecule has 0 fully saturated rings. The number of fused-ring (bicyclic) bond motifs is 4. The number of hydrogen-bond acceptors (Lipinski definition) is 8. The van der Waals surface area contributed by atoms with Crippen LogP contribution in [-0.4, -0.2) is 43.3 Å². The van der Waals surface area contributed by atoms with Gasteiger partial charge in [0, 0.05) is 44.5 Å². The second kappa shape index (κ2) is 13.8. The van der Waals surface area contributed by atoms with Gasteiger partial charge in [-0.2, -0.15) is 0 Å². The maximum Gasteiger partial charge on any atom is 0.117 e. The van der Waals surface area contributed by atoms with Crippen LogP contribution in [0.2, 0.25) is 20.1 Å². The molecule has 4 N–H and O–H groups in total. The number of hydrogen-bond donors (Lipinski definition) is 4. The Morgan fingerprint density at radius 3 is 1.36 bits per heavy atom. The van der Waals surface area contributed by atoms with Crippen molar-refractivity contribution < 1.29 is 20.4 Å². The summed E-state index contributed by atoms with van der Waals surface area (Å²) in [5.74, 6) is -0.170. The van der Waals surface area contributed by atoms with Gasteiger partial charge in [0.2, 0.25) is 0 Å². The molecule has 0 aromatic heterocycles. The quantitative estimate of drug-likeness (QED) is 0.163. The largest absolute Gasteiger partial charge is 0.508 e. The van der Waals surface area contributed by atoms with Gasteiger partial charge in [-0.1, -0.05) is 46.4 Å². The lowest BCUT2D eigenvalue weighted by molar-refractivity contribution is 0.474. The van der Waals surface area contributed by atoms with Gasteiger partial charge in [-0.25, -0.2) is 20.0 Å². The van der Waals surface area contributed by atoms with Crippen LogP contribution in [0, 0.1) is 0 Å². The highest BCUT2D eigenvalue weighted by atomic mass is 35.5. The highest BCUT2D eigenvalue weighted by Gasteiger charge is 2.35. The van der Waals surface area contributed by atoms with Crippen LogP contribution in [0.15, 0.2) is 164 Å². The van der Waals surface area contributed by atoms with Crippen molar-refractivity contribution in [3.63, 3.8) is 0 Å². The van der Waals surface area contributed by atoms with E-state index in [1.165, 1.54) is 48.5 Å². The van der Waals surface area contributed by atoms with Crippen molar-refractivity contribution in [1.82, 2.24) is 0 Å². The van der Waals surface area contributed by atoms with Crippen LogP contribution < -0.4 is 0 Å². The molecular weight excluding hydrogens is 790 g/mol. The number of aromatic hydroxyl groups is 4. The zero-order chi connectivity index (χ0) is 38.8. The molecule has 0 radical (unpaired) electrons. The van der Waals surface area contributed by atoms with Gasteiger partial charge in [0.15, 0.2) is 0 Å². The van der Waals surface area contributed by atoms with Crippen LogP contribution >= 0.6 is 46.4 Å². The van der Waals surface area contributed by atoms with Gasteiger partial charge < -0.3 is 20.4 Å². The van der Waals surface area contributed by atoms with Gasteiger partial charge in [0.05, 0.1) is 65.7 Å². The molecule has 0 unspecified atom stereocenters. The summed E-state index contributed by atoms with van der Waals surface area (Å²) in [4.78, 5) is 20.2. The molecule has 0 spiro atoms. The van der Waals surface area contributed by atoms with Gasteiger partial charge in [-0.3, -0.25) is 0 Å². The van der Waals surface area contributed by atoms with E-state index < -0.39 is 0 Å². The Kier molecular flexibility index (Phi) is 8.79. The summed E-state index contributed by atoms with van der Waals surface area (Å²) in [6, 6.07) is 18.6. The van der Waals surface area contributed by atoms with Crippen molar-refractivity contribution in [2.75, 3.05) is 0 Å². The van der Waals surface area contributed by atoms with E-state index in [1.54, 1.807) is 24.3 Å². The minimum absolute atomic E-state index is 0.0191. The normalized spacial score (nSPS) is 17.1. The first-order valence-corrected chi connectivity index (χ1v) is 18.5. The molecule has 5 heterocycles. The summed E-state index contributed by atoms with van der Waals surface area (Å²) in [5.41, 5.74) is 8.35. The Morgan fingerprint density at radius 1 is 0.393 bits per heavy atom. The molecule has 0 amide bonds. The first kappa shape index (κ1) is 35.5. The van der Waals surface area contributed by atoms with E-state index in [2.05, 4.69) is 0 Å². The van der Waals surface area contributed by atoms with E-state index in [-0.39, 0.29) is 43.1 Å². The summed E-state index contributed by atoms with van der Waals surface area (Å²) in [5, 5.41) is 42.7. The minimum Gasteiger partial charge on any atom is -0.508 e. The zero-order valence-electron chi connectivity index (χ0n) is 28.6. The lowest BCUT2D eigenvalue weighted by Crippen LogP contribution is -2.08. The van der Waals surface area contributed by atoms with Crippen LogP contribution in [0.25, 0.3) is 22.3 Å². The maximum atomic E-state index is 10.5. The number of nitrogens with zero attached hydrogens (tertiary/aromatic N) is 4. The second-order valence-corrected chi connectivity index (χ2v) is 14.7. The van der Waals surface area contributed by atoms with Crippen molar-refractivity contribution in [2.45, 2.75) is 0 Å². The Balaban J connectivity index is 1.48. The zero-order valence-corrected chi connectivity index (χ0v) is 31.7. The molecule has 4 aromatic carbocycles. The van der Waals surface area contributed by atoms with Crippen LogP contribution in [-0.2, 0) is 0 Å². The van der Waals surface area contributed by atoms with Crippen molar-refractivity contribution in [1.29, 1.82) is 0 Å². The van der Waals surface area contributed by atoms with E-state index >= 15 is 0 Å². The molecule has 12 heteroatoms. The number of phenolic OH excluding ortho intramolecular Hbond substituents is 4. The van der Waals surface area contributed by atoms with Crippen molar-refractivity contribution in [3.8, 4) is 23.0 Å². The Labute approximate surface area is 339 Å². The molecular formula is C44H24Cl4N4O4. The standard InChI is InChI=1S/C44H24Cl4N4O4/c45-35-17-26(53)5-9-30(35)34-15-25-14-23-2-1-21(49-23)13-22-3-4-24(50-22)16-39-40(31-10-6-27(54)18-36(31)46)41(32-11-7-28(55)19-37(32)47)44(52-39)42(43(34)51-25)33-12-8-29(56)20-38(33)48/h1-20,53-56H. The third-order valence-corrected chi connectivity index (χ3v) is 10.6. The molecule has 56 heavy (non-hydrogen) atoms. The van der Waals surface area contributed by atoms with Gasteiger partial charge in [0.1, 0.15) is 23.0 Å². The molecule has 8 nitrogen and oxygen atoms in total. The Morgan fingerprint density at radius 2 is 0.839 bits per heavy atom. The maximum absolute atomic E-state index is 10.5. The molecule has 5 aliphatic rings. The summed E-state index contributed by atoms with van der Waals surface area (Å²) < 4.78 is 0. The van der Waals surface area contributed by atoms with Gasteiger partial charge in [-0.15, -0.1) is 0 Å². The van der Waals surface area contributed by atoms with Crippen LogP contribution in [0.3, 0.4) is 0 Å². The van der Waals surface area contributed by atoms with Crippen molar-refractivity contribution >= 4 is 91.5 Å². The SMILES string of the molecule is Oc1ccc(C2=CC3=CC4=NC(=CC5=NC(=CC6=NC(=C(c7ccc(O)cc7Cl)C2=N3)C(c2ccc(O)cc2Cl)=C6c2ccc(O)cc2Cl)C=C5)C=C4)c(Cl)c1. The topological polar surface area (TPSA) is 130 Å². The van der Waals surface area contributed by atoms with E-state index in [9.17, 15) is 20.4 Å². The number of aliphatic imine (C=N–C) groups is 4. The number of rotatable bonds is 4. The minimum atomic E-state index is -0.0605. The molecule has 9 rings (SSSR count). The van der Waals surface area contributed by atoms with Gasteiger partial charge >= 0.3 is 0 Å². The first-order chi connectivity index (χ1) is 27.0. The highest BCUT2D eigenvalue weighted by Crippen LogP contribution is 2.50. The van der Waals surface area contributed by atoms with Gasteiger partial charge in [-0.05, 0) is 121 Å². The molecule has 5 aliphatic heterocycles. The lowest BCUT2D eigenvalue weighted by atomic mass is 9.85. The molecule has 8 bridgehead atoms. The lowest BCUT2D eigenvalue weighted by Gasteiger charge is -2.19. The summed E-state index contributed by atoms with van der Waals surface area (Å²) in [6.45, 7) is 0. The van der Waals surface area contributed by atoms with E-state index in [0.29, 0.717) is 90.2 Å². The van der Waals surface area contributed by atoms with Crippen LogP contribution in [0.4, 0.5) is 0 Å². The fourth-order valence-electron chi connectivity index (χ4n) is 6.97. The second-order valence-electron chi connectivity index (χ2n) is 13.1. The third kappa shape index (κ3) is 6.42. The predicted octanol–water partition coefficient (Wildman–Crippen LogP) is 11.1. The van der Waals surface area contributed by atoms with E-state index in [1.807, 2.05) is 48.6 Å². The smallest absolute Gasteiger partial charge is 0.117 e. The summed E-state index contributed by atoms with van der Waals surface area (Å²) in [7, 11) is 0. The Hall–Kier alpha value is -6.16. The number of phenols is 4. The van der Waals surface area contributed by atoms with Gasteiger partial charge in [0.25, 0.3) is 0 Å². The third-order valence-electron chi connectivity index (χ3n) is 9.39. The highest BCUT2D eigenvalue weighted by molar-refractivity contribution is 6.53. The first-order valence-electron chi connectivity index (χ1n) is 17.0. The molecule has 0 saturated carbocycles. The average molecular weight is 815 g/mol. The number of allylic oxidation sites excluding steroid dienone is 12. The molecule has 0 aliphatic carbocycles. The fraction of sp³-hybridized carbons (Fsp3) is 0. The van der Waals surface area contributed by atoms with Crippen LogP contribution in [0.5, 0.6) is 23.0 Å². The number of benzene rings is 4. The molecule has 0 saturated heterocycles. The van der Waals surface area contributed by atoms with Crippen LogP contribution in [0.1, 0.15) is 22.3 Å². The molecule has 4 aromatic rings. The molecule has 272 valence electrons. The summed E-state index contributed by atoms with van der Waals surface area (Å²) in [6.07, 6.45) is 14.9. The summed E-state index contributed by atoms with van der Waals surface area (Å²) >= 11 is 27.9. The fourth-order valence-corrected chi connectivity index (χ4v) is 8.05. The average Bonchev–Trinajstić information content (AvgIpc) is 3.94. The Bertz CT molecular complexity index is 2880. The van der Waals surface area contributed by atoms with Crippen molar-refractivity contribution in [2.24, 2.45) is 20.0 Å².